The quantitative estimate of drug-likeness (QED) is 0.456. The number of nitrogens with one attached hydrogen (secondary N) is 3. The van der Waals surface area contributed by atoms with E-state index in [9.17, 15) is 4.79 Å². The Balaban J connectivity index is 1.88. The van der Waals surface area contributed by atoms with Gasteiger partial charge in [-0.15, -0.1) is 0 Å². The van der Waals surface area contributed by atoms with Gasteiger partial charge >= 0.3 is 0 Å². The van der Waals surface area contributed by atoms with Gasteiger partial charge < -0.3 is 29.8 Å². The summed E-state index contributed by atoms with van der Waals surface area (Å²) >= 11 is 0. The van der Waals surface area contributed by atoms with E-state index in [1.165, 1.54) is 0 Å². The molecule has 8 heteroatoms. The van der Waals surface area contributed by atoms with E-state index >= 15 is 0 Å². The average Bonchev–Trinajstić information content (AvgIpc) is 3.21. The van der Waals surface area contributed by atoms with E-state index < -0.39 is 0 Å². The Morgan fingerprint density at radius 1 is 1.11 bits per heavy atom. The van der Waals surface area contributed by atoms with E-state index in [-0.39, 0.29) is 12.5 Å². The maximum atomic E-state index is 11.9. The lowest BCUT2D eigenvalue weighted by atomic mass is 10.2. The number of amides is 1. The van der Waals surface area contributed by atoms with Crippen LogP contribution >= 0.6 is 0 Å². The van der Waals surface area contributed by atoms with Crippen LogP contribution < -0.4 is 25.4 Å². The molecule has 0 spiro atoms. The molecule has 0 bridgehead atoms. The monoisotopic (exact) mass is 374 g/mol. The Bertz CT molecular complexity index is 744. The third-order valence-corrected chi connectivity index (χ3v) is 3.67. The largest absolute Gasteiger partial charge is 0.493 e. The zero-order valence-electron chi connectivity index (χ0n) is 15.9. The Kier molecular flexibility index (Phi) is 8.02. The minimum Gasteiger partial charge on any atom is -0.493 e. The standard InChI is InChI=1S/C19H26N4O4/c1-4-20-19(23-13-18(24)21-12-15-6-5-9-27-15)22-11-14-7-8-16(25-2)17(10-14)26-3/h5-10H,4,11-13H2,1-3H3,(H,21,24)(H2,20,22,23). The number of hydrogen-bond donors (Lipinski definition) is 3. The van der Waals surface area contributed by atoms with Gasteiger partial charge in [0.2, 0.25) is 5.91 Å². The van der Waals surface area contributed by atoms with Crippen molar-refractivity contribution < 1.29 is 18.7 Å². The van der Waals surface area contributed by atoms with Crippen molar-refractivity contribution in [1.29, 1.82) is 0 Å². The van der Waals surface area contributed by atoms with Crippen LogP contribution in [0.2, 0.25) is 0 Å². The zero-order chi connectivity index (χ0) is 19.5. The molecule has 1 aromatic heterocycles. The van der Waals surface area contributed by atoms with E-state index in [4.69, 9.17) is 13.9 Å². The van der Waals surface area contributed by atoms with Crippen LogP contribution in [-0.4, -0.2) is 39.2 Å². The van der Waals surface area contributed by atoms with Gasteiger partial charge in [0.15, 0.2) is 17.5 Å². The van der Waals surface area contributed by atoms with Crippen LogP contribution in [-0.2, 0) is 17.9 Å². The number of ether oxygens (including phenoxy) is 2. The number of methoxy groups -OCH3 is 2. The number of rotatable bonds is 9. The van der Waals surface area contributed by atoms with Crippen LogP contribution in [0.1, 0.15) is 18.2 Å². The molecule has 0 aliphatic heterocycles. The fourth-order valence-electron chi connectivity index (χ4n) is 2.32. The van der Waals surface area contributed by atoms with Gasteiger partial charge in [0.1, 0.15) is 5.76 Å². The number of carbonyl (C=O) groups is 1. The predicted octanol–water partition coefficient (Wildman–Crippen LogP) is 1.67. The van der Waals surface area contributed by atoms with Gasteiger partial charge in [0.05, 0.1) is 40.1 Å². The molecule has 0 saturated carbocycles. The first-order chi connectivity index (χ1) is 13.2. The summed E-state index contributed by atoms with van der Waals surface area (Å²) in [4.78, 5) is 16.4. The lowest BCUT2D eigenvalue weighted by Gasteiger charge is -2.12. The molecule has 0 fully saturated rings. The average molecular weight is 374 g/mol. The molecular formula is C19H26N4O4. The van der Waals surface area contributed by atoms with Crippen molar-refractivity contribution >= 4 is 11.9 Å². The molecule has 8 nitrogen and oxygen atoms in total. The molecule has 0 unspecified atom stereocenters. The van der Waals surface area contributed by atoms with Crippen LogP contribution in [0.4, 0.5) is 0 Å². The second kappa shape index (κ2) is 10.7. The molecular weight excluding hydrogens is 348 g/mol. The first kappa shape index (κ1) is 20.2. The normalized spacial score (nSPS) is 11.0. The molecule has 2 rings (SSSR count). The topological polar surface area (TPSA) is 97.1 Å². The molecule has 1 amide bonds. The second-order valence-electron chi connectivity index (χ2n) is 5.59. The van der Waals surface area contributed by atoms with Gasteiger partial charge in [-0.2, -0.15) is 0 Å². The van der Waals surface area contributed by atoms with Crippen LogP contribution in [0.15, 0.2) is 46.0 Å². The van der Waals surface area contributed by atoms with Crippen molar-refractivity contribution in [3.05, 3.63) is 47.9 Å². The molecule has 1 aromatic carbocycles. The Morgan fingerprint density at radius 3 is 2.59 bits per heavy atom. The van der Waals surface area contributed by atoms with Crippen molar-refractivity contribution in [3.63, 3.8) is 0 Å². The van der Waals surface area contributed by atoms with Crippen LogP contribution in [0.5, 0.6) is 11.5 Å². The summed E-state index contributed by atoms with van der Waals surface area (Å²) in [6.45, 7) is 3.55. The summed E-state index contributed by atoms with van der Waals surface area (Å²) in [6, 6.07) is 9.23. The van der Waals surface area contributed by atoms with Gasteiger partial charge in [-0.05, 0) is 36.8 Å². The van der Waals surface area contributed by atoms with Crippen molar-refractivity contribution in [2.45, 2.75) is 20.0 Å². The summed E-state index contributed by atoms with van der Waals surface area (Å²) in [7, 11) is 3.19. The lowest BCUT2D eigenvalue weighted by Crippen LogP contribution is -2.43. The summed E-state index contributed by atoms with van der Waals surface area (Å²) < 4.78 is 15.7. The van der Waals surface area contributed by atoms with Gasteiger partial charge in [-0.3, -0.25) is 4.79 Å². The summed E-state index contributed by atoms with van der Waals surface area (Å²) in [5.74, 6) is 2.44. The van der Waals surface area contributed by atoms with Gasteiger partial charge in [-0.25, -0.2) is 4.99 Å². The predicted molar refractivity (Wildman–Crippen MR) is 103 cm³/mol. The zero-order valence-corrected chi connectivity index (χ0v) is 15.9. The maximum Gasteiger partial charge on any atom is 0.239 e. The highest BCUT2D eigenvalue weighted by Gasteiger charge is 2.06. The minimum absolute atomic E-state index is 0.110. The molecule has 0 aliphatic rings. The second-order valence-corrected chi connectivity index (χ2v) is 5.59. The number of aliphatic imine (C=N–C) groups is 1. The fourth-order valence-corrected chi connectivity index (χ4v) is 2.32. The van der Waals surface area contributed by atoms with Crippen molar-refractivity contribution in [2.24, 2.45) is 4.99 Å². The van der Waals surface area contributed by atoms with E-state index in [1.54, 1.807) is 26.5 Å². The molecule has 3 N–H and O–H groups in total. The SMILES string of the molecule is CCNC(=NCc1ccc(OC)c(OC)c1)NCC(=O)NCc1ccco1. The number of nitrogens with zero attached hydrogens (tertiary/aromatic N) is 1. The fraction of sp³-hybridized carbons (Fsp3) is 0.368. The van der Waals surface area contributed by atoms with Crippen molar-refractivity contribution in [2.75, 3.05) is 27.3 Å². The van der Waals surface area contributed by atoms with Gasteiger partial charge in [-0.1, -0.05) is 6.07 Å². The molecule has 27 heavy (non-hydrogen) atoms. The highest BCUT2D eigenvalue weighted by Crippen LogP contribution is 2.27. The van der Waals surface area contributed by atoms with Crippen molar-refractivity contribution in [3.8, 4) is 11.5 Å². The van der Waals surface area contributed by atoms with E-state index in [2.05, 4.69) is 20.9 Å². The number of carbonyl (C=O) groups excluding carboxylic acids is 1. The maximum absolute atomic E-state index is 11.9. The number of guanidine groups is 1. The third kappa shape index (κ3) is 6.58. The summed E-state index contributed by atoms with van der Waals surface area (Å²) in [5, 5.41) is 8.90. The van der Waals surface area contributed by atoms with Gasteiger partial charge in [0, 0.05) is 6.54 Å². The van der Waals surface area contributed by atoms with Crippen molar-refractivity contribution in [1.82, 2.24) is 16.0 Å². The molecule has 2 aromatic rings. The van der Waals surface area contributed by atoms with Gasteiger partial charge in [0.25, 0.3) is 0 Å². The Morgan fingerprint density at radius 2 is 1.93 bits per heavy atom. The van der Waals surface area contributed by atoms with E-state index in [0.717, 1.165) is 5.56 Å². The molecule has 0 aliphatic carbocycles. The first-order valence-corrected chi connectivity index (χ1v) is 8.68. The molecule has 0 saturated heterocycles. The Hall–Kier alpha value is -3.16. The van der Waals surface area contributed by atoms with Crippen LogP contribution in [0, 0.1) is 0 Å². The smallest absolute Gasteiger partial charge is 0.239 e. The third-order valence-electron chi connectivity index (χ3n) is 3.67. The highest BCUT2D eigenvalue weighted by atomic mass is 16.5. The molecule has 0 radical (unpaired) electrons. The highest BCUT2D eigenvalue weighted by molar-refractivity contribution is 5.86. The van der Waals surface area contributed by atoms with E-state index in [0.29, 0.717) is 42.9 Å². The molecule has 0 atom stereocenters. The van der Waals surface area contributed by atoms with E-state index in [1.807, 2.05) is 31.2 Å². The number of furan rings is 1. The molecule has 1 heterocycles. The Labute approximate surface area is 159 Å². The van der Waals surface area contributed by atoms with Crippen LogP contribution in [0.25, 0.3) is 0 Å². The summed E-state index contributed by atoms with van der Waals surface area (Å²) in [6.07, 6.45) is 1.57. The summed E-state index contributed by atoms with van der Waals surface area (Å²) in [5.41, 5.74) is 0.965. The number of benzene rings is 1. The van der Waals surface area contributed by atoms with Crippen LogP contribution in [0.3, 0.4) is 0 Å². The lowest BCUT2D eigenvalue weighted by molar-refractivity contribution is -0.120. The molecule has 146 valence electrons. The minimum atomic E-state index is -0.150. The number of hydrogen-bond acceptors (Lipinski definition) is 5. The first-order valence-electron chi connectivity index (χ1n) is 8.68.